The van der Waals surface area contributed by atoms with Crippen molar-refractivity contribution in [3.05, 3.63) is 29.8 Å². The van der Waals surface area contributed by atoms with E-state index < -0.39 is 12.6 Å². The molecule has 1 unspecified atom stereocenters. The highest BCUT2D eigenvalue weighted by Gasteiger charge is 2.11. The Labute approximate surface area is 124 Å². The van der Waals surface area contributed by atoms with Gasteiger partial charge in [-0.1, -0.05) is 12.1 Å². The van der Waals surface area contributed by atoms with E-state index in [-0.39, 0.29) is 24.7 Å². The summed E-state index contributed by atoms with van der Waals surface area (Å²) in [6, 6.07) is 7.24. The standard InChI is InChI=1S/C15H21NO5/c1-10(2)21-13-6-4-5-12(7-13)11(3)16-14(17)8-20-9-15(18)19/h4-7,10-11H,8-9H2,1-3H3,(H,16,17)(H,18,19). The fourth-order valence-corrected chi connectivity index (χ4v) is 1.73. The average molecular weight is 295 g/mol. The van der Waals surface area contributed by atoms with Crippen LogP contribution in [0.25, 0.3) is 0 Å². The van der Waals surface area contributed by atoms with E-state index >= 15 is 0 Å². The Hall–Kier alpha value is -2.08. The first-order chi connectivity index (χ1) is 9.88. The van der Waals surface area contributed by atoms with E-state index in [0.717, 1.165) is 11.3 Å². The van der Waals surface area contributed by atoms with E-state index in [4.69, 9.17) is 14.6 Å². The minimum Gasteiger partial charge on any atom is -0.491 e. The maximum Gasteiger partial charge on any atom is 0.329 e. The van der Waals surface area contributed by atoms with Crippen molar-refractivity contribution >= 4 is 11.9 Å². The van der Waals surface area contributed by atoms with Crippen LogP contribution in [0.5, 0.6) is 5.75 Å². The minimum atomic E-state index is -1.10. The molecule has 1 amide bonds. The average Bonchev–Trinajstić information content (AvgIpc) is 2.37. The van der Waals surface area contributed by atoms with Gasteiger partial charge in [-0.2, -0.15) is 0 Å². The smallest absolute Gasteiger partial charge is 0.329 e. The van der Waals surface area contributed by atoms with E-state index in [1.165, 1.54) is 0 Å². The Bertz CT molecular complexity index is 487. The molecule has 21 heavy (non-hydrogen) atoms. The van der Waals surface area contributed by atoms with E-state index in [1.807, 2.05) is 45.0 Å². The molecular weight excluding hydrogens is 274 g/mol. The van der Waals surface area contributed by atoms with Gasteiger partial charge < -0.3 is 19.9 Å². The summed E-state index contributed by atoms with van der Waals surface area (Å²) in [6.45, 7) is 4.96. The molecule has 2 N–H and O–H groups in total. The molecule has 116 valence electrons. The fraction of sp³-hybridized carbons (Fsp3) is 0.467. The second kappa shape index (κ2) is 8.26. The number of aliphatic carboxylic acids is 1. The van der Waals surface area contributed by atoms with Gasteiger partial charge in [-0.3, -0.25) is 4.79 Å². The topological polar surface area (TPSA) is 84.9 Å². The van der Waals surface area contributed by atoms with Crippen LogP contribution in [0.15, 0.2) is 24.3 Å². The summed E-state index contributed by atoms with van der Waals surface area (Å²) in [5.74, 6) is -0.723. The number of hydrogen-bond acceptors (Lipinski definition) is 4. The van der Waals surface area contributed by atoms with Crippen LogP contribution in [0.1, 0.15) is 32.4 Å². The maximum atomic E-state index is 11.6. The zero-order chi connectivity index (χ0) is 15.8. The Morgan fingerprint density at radius 3 is 2.57 bits per heavy atom. The summed E-state index contributed by atoms with van der Waals surface area (Å²) in [5, 5.41) is 11.2. The normalized spacial score (nSPS) is 12.0. The number of hydrogen-bond donors (Lipinski definition) is 2. The van der Waals surface area contributed by atoms with E-state index in [2.05, 4.69) is 5.32 Å². The van der Waals surface area contributed by atoms with Crippen LogP contribution in [0.4, 0.5) is 0 Å². The largest absolute Gasteiger partial charge is 0.491 e. The van der Waals surface area contributed by atoms with Gasteiger partial charge in [0.1, 0.15) is 19.0 Å². The molecule has 1 aromatic rings. The lowest BCUT2D eigenvalue weighted by atomic mass is 10.1. The number of carbonyl (C=O) groups excluding carboxylic acids is 1. The van der Waals surface area contributed by atoms with Crippen LogP contribution in [0.2, 0.25) is 0 Å². The van der Waals surface area contributed by atoms with Gasteiger partial charge in [0, 0.05) is 0 Å². The van der Waals surface area contributed by atoms with Gasteiger partial charge in [0.25, 0.3) is 0 Å². The van der Waals surface area contributed by atoms with Gasteiger partial charge in [0.2, 0.25) is 5.91 Å². The number of rotatable bonds is 8. The van der Waals surface area contributed by atoms with Gasteiger partial charge in [0.15, 0.2) is 0 Å². The first kappa shape index (κ1) is 17.0. The lowest BCUT2D eigenvalue weighted by Crippen LogP contribution is -2.31. The van der Waals surface area contributed by atoms with Gasteiger partial charge in [-0.05, 0) is 38.5 Å². The molecule has 0 saturated heterocycles. The van der Waals surface area contributed by atoms with Crippen LogP contribution >= 0.6 is 0 Å². The number of nitrogens with one attached hydrogen (secondary N) is 1. The first-order valence-corrected chi connectivity index (χ1v) is 6.74. The summed E-state index contributed by atoms with van der Waals surface area (Å²) in [4.78, 5) is 21.9. The predicted octanol–water partition coefficient (Wildman–Crippen LogP) is 1.75. The second-order valence-corrected chi connectivity index (χ2v) is 4.91. The van der Waals surface area contributed by atoms with E-state index in [1.54, 1.807) is 0 Å². The third kappa shape index (κ3) is 6.76. The molecule has 0 spiro atoms. The minimum absolute atomic E-state index is 0.0783. The Kier molecular flexibility index (Phi) is 6.68. The molecule has 1 aromatic carbocycles. The summed E-state index contributed by atoms with van der Waals surface area (Å²) < 4.78 is 10.3. The highest BCUT2D eigenvalue weighted by molar-refractivity contribution is 5.78. The summed E-state index contributed by atoms with van der Waals surface area (Å²) in [5.41, 5.74) is 0.903. The van der Waals surface area contributed by atoms with Crippen molar-refractivity contribution in [1.29, 1.82) is 0 Å². The maximum absolute atomic E-state index is 11.6. The molecular formula is C15H21NO5. The predicted molar refractivity (Wildman–Crippen MR) is 77.2 cm³/mol. The zero-order valence-corrected chi connectivity index (χ0v) is 12.5. The summed E-state index contributed by atoms with van der Waals surface area (Å²) >= 11 is 0. The molecule has 0 bridgehead atoms. The lowest BCUT2D eigenvalue weighted by Gasteiger charge is -2.16. The number of amides is 1. The third-order valence-corrected chi connectivity index (χ3v) is 2.57. The molecule has 0 aliphatic rings. The fourth-order valence-electron chi connectivity index (χ4n) is 1.73. The SMILES string of the molecule is CC(C)Oc1cccc(C(C)NC(=O)COCC(=O)O)c1. The van der Waals surface area contributed by atoms with Crippen LogP contribution in [0, 0.1) is 0 Å². The molecule has 0 saturated carbocycles. The molecule has 0 radical (unpaired) electrons. The highest BCUT2D eigenvalue weighted by atomic mass is 16.5. The molecule has 0 heterocycles. The lowest BCUT2D eigenvalue weighted by molar-refractivity contribution is -0.143. The van der Waals surface area contributed by atoms with Crippen LogP contribution in [-0.2, 0) is 14.3 Å². The van der Waals surface area contributed by atoms with Gasteiger partial charge in [-0.25, -0.2) is 4.79 Å². The second-order valence-electron chi connectivity index (χ2n) is 4.91. The molecule has 0 aliphatic carbocycles. The molecule has 0 aliphatic heterocycles. The van der Waals surface area contributed by atoms with Crippen LogP contribution in [0.3, 0.4) is 0 Å². The number of carboxylic acid groups (broad SMARTS) is 1. The monoisotopic (exact) mass is 295 g/mol. The van der Waals surface area contributed by atoms with Gasteiger partial charge in [-0.15, -0.1) is 0 Å². The van der Waals surface area contributed by atoms with Crippen molar-refractivity contribution in [2.24, 2.45) is 0 Å². The van der Waals surface area contributed by atoms with Crippen molar-refractivity contribution in [2.75, 3.05) is 13.2 Å². The zero-order valence-electron chi connectivity index (χ0n) is 12.5. The van der Waals surface area contributed by atoms with E-state index in [9.17, 15) is 9.59 Å². The molecule has 6 heteroatoms. The first-order valence-electron chi connectivity index (χ1n) is 6.74. The summed E-state index contributed by atoms with van der Waals surface area (Å²) in [6.07, 6.45) is 0.0783. The van der Waals surface area contributed by atoms with Crippen LogP contribution in [-0.4, -0.2) is 36.3 Å². The molecule has 0 fully saturated rings. The Morgan fingerprint density at radius 2 is 1.95 bits per heavy atom. The van der Waals surface area contributed by atoms with Crippen molar-refractivity contribution < 1.29 is 24.2 Å². The molecule has 0 aromatic heterocycles. The van der Waals surface area contributed by atoms with Gasteiger partial charge >= 0.3 is 5.97 Å². The van der Waals surface area contributed by atoms with Crippen molar-refractivity contribution in [3.8, 4) is 5.75 Å². The van der Waals surface area contributed by atoms with Crippen molar-refractivity contribution in [1.82, 2.24) is 5.32 Å². The number of carboxylic acids is 1. The van der Waals surface area contributed by atoms with Gasteiger partial charge in [0.05, 0.1) is 12.1 Å². The Balaban J connectivity index is 2.52. The number of carbonyl (C=O) groups is 2. The van der Waals surface area contributed by atoms with Crippen molar-refractivity contribution in [3.63, 3.8) is 0 Å². The van der Waals surface area contributed by atoms with E-state index in [0.29, 0.717) is 0 Å². The molecule has 1 rings (SSSR count). The number of ether oxygens (including phenoxy) is 2. The van der Waals surface area contributed by atoms with Crippen LogP contribution < -0.4 is 10.1 Å². The number of benzene rings is 1. The third-order valence-electron chi connectivity index (χ3n) is 2.57. The highest BCUT2D eigenvalue weighted by Crippen LogP contribution is 2.19. The molecule has 1 atom stereocenters. The Morgan fingerprint density at radius 1 is 1.24 bits per heavy atom. The summed E-state index contributed by atoms with van der Waals surface area (Å²) in [7, 11) is 0. The quantitative estimate of drug-likeness (QED) is 0.763. The van der Waals surface area contributed by atoms with Crippen molar-refractivity contribution in [2.45, 2.75) is 32.9 Å². The molecule has 6 nitrogen and oxygen atoms in total.